The van der Waals surface area contributed by atoms with Crippen LogP contribution in [0.5, 0.6) is 0 Å². The van der Waals surface area contributed by atoms with E-state index in [2.05, 4.69) is 71.7 Å². The van der Waals surface area contributed by atoms with E-state index in [1.165, 1.54) is 59.7 Å². The Hall–Kier alpha value is -2.11. The van der Waals surface area contributed by atoms with Crippen molar-refractivity contribution in [3.8, 4) is 22.3 Å². The van der Waals surface area contributed by atoms with E-state index in [4.69, 9.17) is 0 Å². The molecule has 1 heterocycles. The van der Waals surface area contributed by atoms with E-state index >= 15 is 0 Å². The topological polar surface area (TPSA) is 14.1 Å². The predicted molar refractivity (Wildman–Crippen MR) is 126 cm³/mol. The predicted octanol–water partition coefficient (Wildman–Crippen LogP) is 7.18. The minimum Gasteiger partial charge on any atom is -0.664 e. The smallest absolute Gasteiger partial charge is 0.0271 e. The molecule has 1 aromatic heterocycles. The van der Waals surface area contributed by atoms with Gasteiger partial charge in [0.25, 0.3) is 0 Å². The monoisotopic (exact) mass is 584 g/mol. The van der Waals surface area contributed by atoms with Gasteiger partial charge >= 0.3 is 0 Å². The molecule has 0 unspecified atom stereocenters. The molecule has 4 saturated carbocycles. The number of aromatic nitrogens is 1. The first-order valence-corrected chi connectivity index (χ1v) is 12.1. The van der Waals surface area contributed by atoms with Gasteiger partial charge in [0.15, 0.2) is 0 Å². The summed E-state index contributed by atoms with van der Waals surface area (Å²) in [5, 5.41) is 1.22. The zero-order chi connectivity index (χ0) is 20.2. The Morgan fingerprint density at radius 3 is 2.16 bits per heavy atom. The minimum absolute atomic E-state index is 0. The van der Waals surface area contributed by atoms with Gasteiger partial charge in [-0.3, -0.25) is 0 Å². The van der Waals surface area contributed by atoms with Crippen LogP contribution < -0.4 is 4.98 Å². The molecule has 0 saturated heterocycles. The van der Waals surface area contributed by atoms with E-state index in [1.54, 1.807) is 11.1 Å². The van der Waals surface area contributed by atoms with E-state index in [9.17, 15) is 0 Å². The van der Waals surface area contributed by atoms with E-state index in [0.717, 1.165) is 29.2 Å². The maximum absolute atomic E-state index is 4.53. The van der Waals surface area contributed by atoms with Crippen molar-refractivity contribution in [1.29, 1.82) is 0 Å². The third-order valence-corrected chi connectivity index (χ3v) is 9.39. The van der Waals surface area contributed by atoms with Crippen LogP contribution in [0, 0.1) is 23.7 Å². The fraction of sp³-hybridized carbons (Fsp3) is 0.333. The standard InChI is InChI=1S/C30H26N.W/c1-2-4-27-25(3-1)26-16-21(22-6-5-20-9-10-31-29(20)17-22)7-8-28(26)30(27)23-12-18-11-19(14-23)15-24(30)13-18;/h1-10,16-19,23-24H,11-15H2;/q-1;. The zero-order valence-electron chi connectivity index (χ0n) is 18.1. The van der Waals surface area contributed by atoms with Gasteiger partial charge in [0.2, 0.25) is 0 Å². The van der Waals surface area contributed by atoms with Gasteiger partial charge < -0.3 is 4.98 Å². The van der Waals surface area contributed by atoms with E-state index < -0.39 is 0 Å². The van der Waals surface area contributed by atoms with Gasteiger partial charge in [0.05, 0.1) is 0 Å². The van der Waals surface area contributed by atoms with Crippen molar-refractivity contribution >= 4 is 10.9 Å². The van der Waals surface area contributed by atoms with E-state index in [0.29, 0.717) is 0 Å². The maximum atomic E-state index is 4.53. The van der Waals surface area contributed by atoms with Gasteiger partial charge in [-0.05, 0) is 101 Å². The molecular weight excluding hydrogens is 558 g/mol. The second-order valence-corrected chi connectivity index (χ2v) is 10.7. The van der Waals surface area contributed by atoms with Gasteiger partial charge in [0.1, 0.15) is 0 Å². The molecule has 32 heavy (non-hydrogen) atoms. The van der Waals surface area contributed by atoms with Crippen molar-refractivity contribution in [3.63, 3.8) is 0 Å². The average Bonchev–Trinajstić information content (AvgIpc) is 3.38. The third kappa shape index (κ3) is 2.34. The van der Waals surface area contributed by atoms with Crippen LogP contribution in [0.25, 0.3) is 33.2 Å². The second-order valence-electron chi connectivity index (χ2n) is 10.7. The van der Waals surface area contributed by atoms with Gasteiger partial charge in [-0.15, -0.1) is 5.52 Å². The fourth-order valence-corrected chi connectivity index (χ4v) is 8.51. The molecule has 0 amide bonds. The van der Waals surface area contributed by atoms with E-state index in [-0.39, 0.29) is 26.5 Å². The van der Waals surface area contributed by atoms with Gasteiger partial charge in [0, 0.05) is 26.5 Å². The summed E-state index contributed by atoms with van der Waals surface area (Å²) in [5.41, 5.74) is 10.2. The van der Waals surface area contributed by atoms with Crippen LogP contribution in [0.2, 0.25) is 0 Å². The summed E-state index contributed by atoms with van der Waals surface area (Å²) in [6.07, 6.45) is 9.20. The van der Waals surface area contributed by atoms with Crippen LogP contribution in [0.4, 0.5) is 0 Å². The van der Waals surface area contributed by atoms with Crippen LogP contribution >= 0.6 is 0 Å². The molecule has 3 aromatic carbocycles. The molecule has 158 valence electrons. The van der Waals surface area contributed by atoms with Crippen LogP contribution in [-0.4, -0.2) is 0 Å². The molecule has 0 N–H and O–H groups in total. The van der Waals surface area contributed by atoms with Crippen molar-refractivity contribution in [2.75, 3.05) is 0 Å². The molecule has 1 nitrogen and oxygen atoms in total. The molecular formula is C30H26NW-. The minimum atomic E-state index is 0. The molecule has 5 aliphatic rings. The first-order valence-electron chi connectivity index (χ1n) is 12.1. The fourth-order valence-electron chi connectivity index (χ4n) is 8.51. The molecule has 1 spiro atoms. The summed E-state index contributed by atoms with van der Waals surface area (Å²) in [5.74, 6) is 3.66. The molecule has 4 fully saturated rings. The number of hydrogen-bond acceptors (Lipinski definition) is 0. The van der Waals surface area contributed by atoms with Crippen LogP contribution in [0.15, 0.2) is 72.9 Å². The van der Waals surface area contributed by atoms with Gasteiger partial charge in [-0.2, -0.15) is 6.20 Å². The quantitative estimate of drug-likeness (QED) is 0.231. The normalized spacial score (nSPS) is 31.0. The Balaban J connectivity index is 0.00000180. The summed E-state index contributed by atoms with van der Waals surface area (Å²) in [7, 11) is 0. The summed E-state index contributed by atoms with van der Waals surface area (Å²) in [4.78, 5) is 4.53. The van der Waals surface area contributed by atoms with Crippen LogP contribution in [0.1, 0.15) is 43.2 Å². The SMILES string of the molecule is [W].c1ccc2c(c1)-c1cc(-c3ccc4cc[n-]c4c3)ccc1C21C2CC3CC(C2)CC1C3. The summed E-state index contributed by atoms with van der Waals surface area (Å²) < 4.78 is 0. The third-order valence-electron chi connectivity index (χ3n) is 9.39. The largest absolute Gasteiger partial charge is 0.664 e. The molecule has 9 rings (SSSR count). The Bertz CT molecular complexity index is 1330. The summed E-state index contributed by atoms with van der Waals surface area (Å²) >= 11 is 0. The first-order chi connectivity index (χ1) is 15.3. The number of fused-ring (bicyclic) bond motifs is 4. The van der Waals surface area contributed by atoms with Crippen molar-refractivity contribution in [2.24, 2.45) is 23.7 Å². The number of nitrogens with zero attached hydrogens (tertiary/aromatic N) is 1. The van der Waals surface area contributed by atoms with E-state index in [1.807, 2.05) is 6.20 Å². The van der Waals surface area contributed by atoms with Crippen molar-refractivity contribution in [3.05, 3.63) is 84.1 Å². The van der Waals surface area contributed by atoms with Crippen LogP contribution in [-0.2, 0) is 26.5 Å². The summed E-state index contributed by atoms with van der Waals surface area (Å²) in [6, 6.07) is 25.6. The molecule has 0 atom stereocenters. The molecule has 0 aliphatic heterocycles. The van der Waals surface area contributed by atoms with Crippen molar-refractivity contribution in [1.82, 2.24) is 4.98 Å². The molecule has 4 bridgehead atoms. The Kier molecular flexibility index (Phi) is 4.06. The zero-order valence-corrected chi connectivity index (χ0v) is 21.1. The number of rotatable bonds is 1. The second kappa shape index (κ2) is 6.70. The number of benzene rings is 3. The van der Waals surface area contributed by atoms with Gasteiger partial charge in [-0.1, -0.05) is 60.7 Å². The average molecular weight is 584 g/mol. The van der Waals surface area contributed by atoms with Crippen molar-refractivity contribution in [2.45, 2.75) is 37.5 Å². The van der Waals surface area contributed by atoms with Gasteiger partial charge in [-0.25, -0.2) is 0 Å². The first kappa shape index (κ1) is 19.4. The molecule has 5 aliphatic carbocycles. The molecule has 2 heteroatoms. The maximum Gasteiger partial charge on any atom is 0.0271 e. The Morgan fingerprint density at radius 2 is 1.34 bits per heavy atom. The Morgan fingerprint density at radius 1 is 0.656 bits per heavy atom. The Labute approximate surface area is 203 Å². The number of hydrogen-bond donors (Lipinski definition) is 0. The van der Waals surface area contributed by atoms with Crippen molar-refractivity contribution < 1.29 is 21.1 Å². The summed E-state index contributed by atoms with van der Waals surface area (Å²) in [6.45, 7) is 0. The molecule has 0 radical (unpaired) electrons. The molecule has 4 aromatic rings. The van der Waals surface area contributed by atoms with Crippen LogP contribution in [0.3, 0.4) is 0 Å².